The zero-order valence-corrected chi connectivity index (χ0v) is 18.5. The second kappa shape index (κ2) is 8.19. The first kappa shape index (κ1) is 20.0. The first-order valence-corrected chi connectivity index (χ1v) is 12.2. The van der Waals surface area contributed by atoms with Crippen molar-refractivity contribution in [3.05, 3.63) is 20.8 Å². The van der Waals surface area contributed by atoms with Gasteiger partial charge in [-0.05, 0) is 55.9 Å². The largest absolute Gasteiger partial charge is 0.353 e. The van der Waals surface area contributed by atoms with Gasteiger partial charge in [0, 0.05) is 17.5 Å². The van der Waals surface area contributed by atoms with Gasteiger partial charge >= 0.3 is 0 Å². The zero-order valence-electron chi connectivity index (χ0n) is 16.9. The van der Waals surface area contributed by atoms with Crippen molar-refractivity contribution in [1.82, 2.24) is 14.9 Å². The number of carbonyl (C=O) groups excluding carboxylic acids is 1. The predicted molar refractivity (Wildman–Crippen MR) is 116 cm³/mol. The van der Waals surface area contributed by atoms with E-state index in [4.69, 9.17) is 4.98 Å². The van der Waals surface area contributed by atoms with Crippen molar-refractivity contribution in [3.8, 4) is 0 Å². The Bertz CT molecular complexity index is 943. The van der Waals surface area contributed by atoms with Crippen LogP contribution in [-0.4, -0.2) is 27.3 Å². The summed E-state index contributed by atoms with van der Waals surface area (Å²) in [6.07, 6.45) is 6.26. The fraction of sp³-hybridized carbons (Fsp3) is 0.667. The van der Waals surface area contributed by atoms with Gasteiger partial charge in [-0.2, -0.15) is 0 Å². The molecule has 0 bridgehead atoms. The molecule has 1 unspecified atom stereocenters. The quantitative estimate of drug-likeness (QED) is 0.544. The van der Waals surface area contributed by atoms with E-state index in [1.807, 2.05) is 4.57 Å². The zero-order chi connectivity index (χ0) is 19.8. The van der Waals surface area contributed by atoms with Gasteiger partial charge in [0.15, 0.2) is 5.16 Å². The summed E-state index contributed by atoms with van der Waals surface area (Å²) in [6, 6.07) is 0.359. The van der Waals surface area contributed by atoms with E-state index in [2.05, 4.69) is 26.1 Å². The van der Waals surface area contributed by atoms with Crippen LogP contribution in [0.3, 0.4) is 0 Å². The number of thioether (sulfide) groups is 1. The maximum Gasteiger partial charge on any atom is 0.263 e. The lowest BCUT2D eigenvalue weighted by Gasteiger charge is -2.18. The molecule has 152 valence electrons. The van der Waals surface area contributed by atoms with E-state index in [1.165, 1.54) is 22.2 Å². The van der Waals surface area contributed by atoms with Gasteiger partial charge in [-0.15, -0.1) is 11.3 Å². The fourth-order valence-corrected chi connectivity index (χ4v) is 5.99. The van der Waals surface area contributed by atoms with E-state index in [9.17, 15) is 9.59 Å². The molecule has 4 rings (SSSR count). The maximum absolute atomic E-state index is 13.4. The summed E-state index contributed by atoms with van der Waals surface area (Å²) in [5, 5.41) is 4.54. The molecule has 1 N–H and O–H groups in total. The molecule has 1 amide bonds. The van der Waals surface area contributed by atoms with Gasteiger partial charge in [0.2, 0.25) is 5.91 Å². The van der Waals surface area contributed by atoms with E-state index >= 15 is 0 Å². The van der Waals surface area contributed by atoms with E-state index in [0.717, 1.165) is 48.7 Å². The van der Waals surface area contributed by atoms with Crippen molar-refractivity contribution >= 4 is 39.2 Å². The third-order valence-electron chi connectivity index (χ3n) is 5.59. The number of nitrogens with zero attached hydrogens (tertiary/aromatic N) is 2. The smallest absolute Gasteiger partial charge is 0.263 e. The highest BCUT2D eigenvalue weighted by Gasteiger charge is 2.26. The van der Waals surface area contributed by atoms with Crippen LogP contribution in [0.2, 0.25) is 0 Å². The lowest BCUT2D eigenvalue weighted by molar-refractivity contribution is -0.118. The van der Waals surface area contributed by atoms with Gasteiger partial charge < -0.3 is 5.32 Å². The SMILES string of the molecule is CC(C)CCn1c(SCC(=O)NC2CC2)nc2sc3c(c2c1=O)CCC(C)C3. The first-order chi connectivity index (χ1) is 13.4. The number of nitrogens with one attached hydrogen (secondary N) is 1. The maximum atomic E-state index is 13.4. The number of aromatic nitrogens is 2. The molecular formula is C21H29N3O2S2. The Balaban J connectivity index is 1.68. The lowest BCUT2D eigenvalue weighted by Crippen LogP contribution is -2.28. The highest BCUT2D eigenvalue weighted by Crippen LogP contribution is 2.36. The Hall–Kier alpha value is -1.34. The van der Waals surface area contributed by atoms with Crippen molar-refractivity contribution in [2.45, 2.75) is 77.0 Å². The number of rotatable bonds is 7. The number of fused-ring (bicyclic) bond motifs is 3. The average Bonchev–Trinajstić information content (AvgIpc) is 3.37. The number of aryl methyl sites for hydroxylation is 1. The van der Waals surface area contributed by atoms with Crippen LogP contribution in [0.5, 0.6) is 0 Å². The van der Waals surface area contributed by atoms with Crippen LogP contribution in [0.1, 0.15) is 56.9 Å². The molecule has 7 heteroatoms. The van der Waals surface area contributed by atoms with Crippen LogP contribution in [0, 0.1) is 11.8 Å². The van der Waals surface area contributed by atoms with Crippen LogP contribution >= 0.6 is 23.1 Å². The molecule has 2 aromatic rings. The second-order valence-electron chi connectivity index (χ2n) is 8.70. The second-order valence-corrected chi connectivity index (χ2v) is 10.7. The van der Waals surface area contributed by atoms with Crippen LogP contribution < -0.4 is 10.9 Å². The van der Waals surface area contributed by atoms with Gasteiger partial charge in [0.1, 0.15) is 4.83 Å². The van der Waals surface area contributed by atoms with Gasteiger partial charge in [-0.25, -0.2) is 4.98 Å². The molecule has 5 nitrogen and oxygen atoms in total. The summed E-state index contributed by atoms with van der Waals surface area (Å²) in [4.78, 5) is 32.6. The van der Waals surface area contributed by atoms with Crippen LogP contribution in [-0.2, 0) is 24.2 Å². The average molecular weight is 420 g/mol. The van der Waals surface area contributed by atoms with Crippen LogP contribution in [0.25, 0.3) is 10.2 Å². The summed E-state index contributed by atoms with van der Waals surface area (Å²) in [5.74, 6) is 1.54. The molecule has 2 aromatic heterocycles. The summed E-state index contributed by atoms with van der Waals surface area (Å²) >= 11 is 3.08. The summed E-state index contributed by atoms with van der Waals surface area (Å²) in [7, 11) is 0. The van der Waals surface area contributed by atoms with Gasteiger partial charge in [-0.3, -0.25) is 14.2 Å². The number of hydrogen-bond acceptors (Lipinski definition) is 5. The number of hydrogen-bond donors (Lipinski definition) is 1. The minimum Gasteiger partial charge on any atom is -0.353 e. The molecule has 2 heterocycles. The summed E-state index contributed by atoms with van der Waals surface area (Å²) in [6.45, 7) is 7.27. The van der Waals surface area contributed by atoms with Crippen molar-refractivity contribution in [3.63, 3.8) is 0 Å². The highest BCUT2D eigenvalue weighted by molar-refractivity contribution is 7.99. The number of thiophene rings is 1. The van der Waals surface area contributed by atoms with E-state index in [0.29, 0.717) is 35.3 Å². The van der Waals surface area contributed by atoms with Gasteiger partial charge in [0.05, 0.1) is 11.1 Å². The van der Waals surface area contributed by atoms with Crippen LogP contribution in [0.15, 0.2) is 9.95 Å². The van der Waals surface area contributed by atoms with E-state index in [1.54, 1.807) is 11.3 Å². The Kier molecular flexibility index (Phi) is 5.83. The molecule has 1 fully saturated rings. The summed E-state index contributed by atoms with van der Waals surface area (Å²) < 4.78 is 1.82. The van der Waals surface area contributed by atoms with Crippen LogP contribution in [0.4, 0.5) is 0 Å². The van der Waals surface area contributed by atoms with E-state index < -0.39 is 0 Å². The molecule has 0 saturated heterocycles. The third kappa shape index (κ3) is 4.30. The van der Waals surface area contributed by atoms with E-state index in [-0.39, 0.29) is 11.5 Å². The predicted octanol–water partition coefficient (Wildman–Crippen LogP) is 4.00. The fourth-order valence-electron chi connectivity index (χ4n) is 3.73. The first-order valence-electron chi connectivity index (χ1n) is 10.4. The normalized spacial score (nSPS) is 19.2. The minimum atomic E-state index is 0.0385. The third-order valence-corrected chi connectivity index (χ3v) is 7.71. The Labute approximate surface area is 174 Å². The topological polar surface area (TPSA) is 64.0 Å². The van der Waals surface area contributed by atoms with Crippen molar-refractivity contribution in [1.29, 1.82) is 0 Å². The number of amides is 1. The monoisotopic (exact) mass is 419 g/mol. The molecule has 0 radical (unpaired) electrons. The summed E-state index contributed by atoms with van der Waals surface area (Å²) in [5.41, 5.74) is 1.32. The highest BCUT2D eigenvalue weighted by atomic mass is 32.2. The molecule has 2 aliphatic rings. The molecule has 0 aliphatic heterocycles. The molecule has 0 aromatic carbocycles. The van der Waals surface area contributed by atoms with Crippen molar-refractivity contribution < 1.29 is 4.79 Å². The Morgan fingerprint density at radius 1 is 1.36 bits per heavy atom. The molecule has 1 atom stereocenters. The number of carbonyl (C=O) groups is 1. The van der Waals surface area contributed by atoms with Gasteiger partial charge in [-0.1, -0.05) is 32.5 Å². The minimum absolute atomic E-state index is 0.0385. The van der Waals surface area contributed by atoms with Crippen molar-refractivity contribution in [2.24, 2.45) is 11.8 Å². The molecule has 0 spiro atoms. The van der Waals surface area contributed by atoms with Gasteiger partial charge in [0.25, 0.3) is 5.56 Å². The standard InChI is InChI=1S/C21H29N3O2S2/c1-12(2)8-9-24-20(26)18-15-7-4-13(3)10-16(15)28-19(18)23-21(24)27-11-17(25)22-14-5-6-14/h12-14H,4-11H2,1-3H3,(H,22,25). The lowest BCUT2D eigenvalue weighted by atomic mass is 9.89. The molecule has 2 aliphatic carbocycles. The Morgan fingerprint density at radius 2 is 2.14 bits per heavy atom. The molecular weight excluding hydrogens is 390 g/mol. The Morgan fingerprint density at radius 3 is 2.86 bits per heavy atom. The van der Waals surface area contributed by atoms with Crippen molar-refractivity contribution in [2.75, 3.05) is 5.75 Å². The molecule has 1 saturated carbocycles. The molecule has 28 heavy (non-hydrogen) atoms.